The van der Waals surface area contributed by atoms with Gasteiger partial charge < -0.3 is 24.6 Å². The standard InChI is InChI=1S/C22H33N3O2.2ClH/c1-2-21-22(27-16-26-21)15-20(1)25-13-7-19(8-14-25)24-11-5-18(6-12-24)17-3-9-23-10-4-17;;/h1-2,15,17-19,23H,3-14,16H2;2*1H. The van der Waals surface area contributed by atoms with E-state index in [2.05, 4.69) is 33.3 Å². The van der Waals surface area contributed by atoms with Crippen LogP contribution in [0, 0.1) is 11.8 Å². The Morgan fingerprint density at radius 2 is 1.41 bits per heavy atom. The highest BCUT2D eigenvalue weighted by molar-refractivity contribution is 5.85. The number of benzene rings is 1. The van der Waals surface area contributed by atoms with Crippen LogP contribution in [0.25, 0.3) is 0 Å². The highest BCUT2D eigenvalue weighted by Crippen LogP contribution is 2.37. The Morgan fingerprint density at radius 3 is 2.14 bits per heavy atom. The normalized spacial score (nSPS) is 24.1. The number of halogens is 2. The predicted octanol–water partition coefficient (Wildman–Crippen LogP) is 3.94. The molecule has 0 amide bonds. The van der Waals surface area contributed by atoms with Gasteiger partial charge in [-0.15, -0.1) is 24.8 Å². The van der Waals surface area contributed by atoms with Crippen molar-refractivity contribution in [2.45, 2.75) is 44.6 Å². The molecule has 0 aromatic heterocycles. The lowest BCUT2D eigenvalue weighted by Gasteiger charge is -2.44. The molecule has 3 fully saturated rings. The summed E-state index contributed by atoms with van der Waals surface area (Å²) in [7, 11) is 0. The van der Waals surface area contributed by atoms with Gasteiger partial charge in [-0.25, -0.2) is 0 Å². The maximum absolute atomic E-state index is 5.55. The number of nitrogens with zero attached hydrogens (tertiary/aromatic N) is 2. The number of nitrogens with one attached hydrogen (secondary N) is 1. The first-order valence-electron chi connectivity index (χ1n) is 11.0. The first-order valence-corrected chi connectivity index (χ1v) is 11.0. The molecule has 29 heavy (non-hydrogen) atoms. The summed E-state index contributed by atoms with van der Waals surface area (Å²) in [5, 5.41) is 3.52. The Hall–Kier alpha value is -0.880. The summed E-state index contributed by atoms with van der Waals surface area (Å²) in [4.78, 5) is 5.31. The molecule has 0 aliphatic carbocycles. The highest BCUT2D eigenvalue weighted by Gasteiger charge is 2.32. The van der Waals surface area contributed by atoms with Crippen LogP contribution < -0.4 is 19.7 Å². The SMILES string of the molecule is Cl.Cl.c1cc2c(cc1N1CCC(N3CCC(C4CCNCC4)CC3)CC1)OCO2. The molecular formula is C22H35Cl2N3O2. The van der Waals surface area contributed by atoms with Gasteiger partial charge in [0, 0.05) is 30.9 Å². The Kier molecular flexibility index (Phi) is 8.20. The van der Waals surface area contributed by atoms with Gasteiger partial charge in [0.1, 0.15) is 0 Å². The van der Waals surface area contributed by atoms with Gasteiger partial charge >= 0.3 is 0 Å². The summed E-state index contributed by atoms with van der Waals surface area (Å²) in [5.41, 5.74) is 1.28. The topological polar surface area (TPSA) is 37.0 Å². The third kappa shape index (κ3) is 5.07. The minimum Gasteiger partial charge on any atom is -0.454 e. The van der Waals surface area contributed by atoms with Crippen LogP contribution in [0.1, 0.15) is 38.5 Å². The molecule has 4 aliphatic heterocycles. The molecule has 164 valence electrons. The van der Waals surface area contributed by atoms with Crippen LogP contribution in [-0.2, 0) is 0 Å². The second-order valence-corrected chi connectivity index (χ2v) is 8.72. The van der Waals surface area contributed by atoms with E-state index in [1.807, 2.05) is 0 Å². The van der Waals surface area contributed by atoms with Crippen molar-refractivity contribution in [1.82, 2.24) is 10.2 Å². The first kappa shape index (κ1) is 22.8. The van der Waals surface area contributed by atoms with Gasteiger partial charge in [-0.1, -0.05) is 0 Å². The van der Waals surface area contributed by atoms with E-state index in [-0.39, 0.29) is 24.8 Å². The average molecular weight is 444 g/mol. The maximum Gasteiger partial charge on any atom is 0.231 e. The largest absolute Gasteiger partial charge is 0.454 e. The number of piperidine rings is 3. The molecule has 5 nitrogen and oxygen atoms in total. The van der Waals surface area contributed by atoms with Gasteiger partial charge in [0.25, 0.3) is 0 Å². The lowest BCUT2D eigenvalue weighted by Crippen LogP contribution is -2.48. The second kappa shape index (κ2) is 10.4. The van der Waals surface area contributed by atoms with Gasteiger partial charge in [-0.3, -0.25) is 0 Å². The molecule has 0 bridgehead atoms. The van der Waals surface area contributed by atoms with E-state index in [9.17, 15) is 0 Å². The Labute approximate surface area is 187 Å². The van der Waals surface area contributed by atoms with Crippen LogP contribution in [-0.4, -0.2) is 57.0 Å². The van der Waals surface area contributed by atoms with Crippen molar-refractivity contribution in [1.29, 1.82) is 0 Å². The minimum absolute atomic E-state index is 0. The van der Waals surface area contributed by atoms with E-state index >= 15 is 0 Å². The fraction of sp³-hybridized carbons (Fsp3) is 0.727. The number of hydrogen-bond donors (Lipinski definition) is 1. The summed E-state index contributed by atoms with van der Waals surface area (Å²) in [6.07, 6.45) is 8.22. The molecule has 0 spiro atoms. The molecule has 4 heterocycles. The molecule has 7 heteroatoms. The molecular weight excluding hydrogens is 409 g/mol. The monoisotopic (exact) mass is 443 g/mol. The third-order valence-electron chi connectivity index (χ3n) is 7.33. The van der Waals surface area contributed by atoms with Crippen LogP contribution in [0.2, 0.25) is 0 Å². The zero-order chi connectivity index (χ0) is 18.1. The van der Waals surface area contributed by atoms with E-state index in [4.69, 9.17) is 9.47 Å². The number of rotatable bonds is 3. The molecule has 1 aromatic carbocycles. The average Bonchev–Trinajstić information content (AvgIpc) is 3.23. The zero-order valence-corrected chi connectivity index (χ0v) is 18.8. The van der Waals surface area contributed by atoms with Crippen LogP contribution in [0.15, 0.2) is 18.2 Å². The second-order valence-electron chi connectivity index (χ2n) is 8.72. The van der Waals surface area contributed by atoms with Gasteiger partial charge in [-0.05, 0) is 88.7 Å². The lowest BCUT2D eigenvalue weighted by molar-refractivity contribution is 0.0862. The molecule has 0 radical (unpaired) electrons. The molecule has 0 unspecified atom stereocenters. The van der Waals surface area contributed by atoms with Crippen molar-refractivity contribution >= 4 is 30.5 Å². The van der Waals surface area contributed by atoms with Gasteiger partial charge in [0.2, 0.25) is 6.79 Å². The van der Waals surface area contributed by atoms with Crippen molar-refractivity contribution in [2.24, 2.45) is 11.8 Å². The molecule has 3 saturated heterocycles. The van der Waals surface area contributed by atoms with E-state index in [1.165, 1.54) is 70.4 Å². The van der Waals surface area contributed by atoms with Crippen LogP contribution in [0.4, 0.5) is 5.69 Å². The lowest BCUT2D eigenvalue weighted by atomic mass is 9.79. The predicted molar refractivity (Wildman–Crippen MR) is 122 cm³/mol. The number of ether oxygens (including phenoxy) is 2. The summed E-state index contributed by atoms with van der Waals surface area (Å²) in [6, 6.07) is 7.16. The Morgan fingerprint density at radius 1 is 0.759 bits per heavy atom. The Balaban J connectivity index is 0.00000120. The summed E-state index contributed by atoms with van der Waals surface area (Å²) < 4.78 is 11.0. The van der Waals surface area contributed by atoms with E-state index < -0.39 is 0 Å². The third-order valence-corrected chi connectivity index (χ3v) is 7.33. The molecule has 1 N–H and O–H groups in total. The van der Waals surface area contributed by atoms with Crippen molar-refractivity contribution in [2.75, 3.05) is 51.0 Å². The molecule has 5 rings (SSSR count). The van der Waals surface area contributed by atoms with Gasteiger partial charge in [-0.2, -0.15) is 0 Å². The maximum atomic E-state index is 5.55. The summed E-state index contributed by atoms with van der Waals surface area (Å²) in [6.45, 7) is 7.78. The van der Waals surface area contributed by atoms with Crippen molar-refractivity contribution < 1.29 is 9.47 Å². The highest BCUT2D eigenvalue weighted by atomic mass is 35.5. The summed E-state index contributed by atoms with van der Waals surface area (Å²) >= 11 is 0. The van der Waals surface area contributed by atoms with Crippen LogP contribution >= 0.6 is 24.8 Å². The number of fused-ring (bicyclic) bond motifs is 1. The van der Waals surface area contributed by atoms with Crippen molar-refractivity contribution in [3.05, 3.63) is 18.2 Å². The van der Waals surface area contributed by atoms with Crippen LogP contribution in [0.5, 0.6) is 11.5 Å². The summed E-state index contributed by atoms with van der Waals surface area (Å²) in [5.74, 6) is 3.75. The molecule has 4 aliphatic rings. The van der Waals surface area contributed by atoms with Crippen molar-refractivity contribution in [3.8, 4) is 11.5 Å². The molecule has 0 atom stereocenters. The quantitative estimate of drug-likeness (QED) is 0.765. The Bertz CT molecular complexity index is 641. The zero-order valence-electron chi connectivity index (χ0n) is 17.2. The smallest absolute Gasteiger partial charge is 0.231 e. The minimum atomic E-state index is 0. The van der Waals surface area contributed by atoms with Gasteiger partial charge in [0.05, 0.1) is 0 Å². The fourth-order valence-corrected chi connectivity index (χ4v) is 5.64. The fourth-order valence-electron chi connectivity index (χ4n) is 5.64. The van der Waals surface area contributed by atoms with Gasteiger partial charge in [0.15, 0.2) is 11.5 Å². The van der Waals surface area contributed by atoms with E-state index in [0.29, 0.717) is 6.79 Å². The van der Waals surface area contributed by atoms with E-state index in [0.717, 1.165) is 42.5 Å². The van der Waals surface area contributed by atoms with E-state index in [1.54, 1.807) is 0 Å². The number of hydrogen-bond acceptors (Lipinski definition) is 5. The number of likely N-dealkylation sites (tertiary alicyclic amines) is 1. The number of anilines is 1. The van der Waals surface area contributed by atoms with Crippen molar-refractivity contribution in [3.63, 3.8) is 0 Å². The van der Waals surface area contributed by atoms with Crippen LogP contribution in [0.3, 0.4) is 0 Å². The molecule has 0 saturated carbocycles. The first-order chi connectivity index (χ1) is 13.4. The molecule has 1 aromatic rings.